The van der Waals surface area contributed by atoms with Crippen molar-refractivity contribution >= 4 is 46.9 Å². The Bertz CT molecular complexity index is 903. The molecule has 3 rings (SSSR count). The van der Waals surface area contributed by atoms with E-state index < -0.39 is 15.0 Å². The van der Waals surface area contributed by atoms with Crippen LogP contribution in [0.1, 0.15) is 11.1 Å². The fourth-order valence-electron chi connectivity index (χ4n) is 2.58. The summed E-state index contributed by atoms with van der Waals surface area (Å²) < 4.78 is 2.63. The van der Waals surface area contributed by atoms with Crippen molar-refractivity contribution in [3.63, 3.8) is 0 Å². The third-order valence-electron chi connectivity index (χ3n) is 3.73. The van der Waals surface area contributed by atoms with Gasteiger partial charge in [-0.05, 0) is 0 Å². The number of hydrogen-bond acceptors (Lipinski definition) is 5. The van der Waals surface area contributed by atoms with Crippen LogP contribution in [0.4, 0.5) is 16.4 Å². The topological polar surface area (TPSA) is 112 Å². The standard InChI is InChI=1S/C16H18N6OSe/c1-9-3-5-10(6-4-9)7-22-13(17)12(24-16(18)23)11-14(19-2)20-8-21-15(11)22/h3-6,8H,7,17H2,1-2H3,(H2,18,23)(H,19,20,21). The molecule has 2 aromatic heterocycles. The Hall–Kier alpha value is -2.57. The molecule has 0 aliphatic rings. The van der Waals surface area contributed by atoms with Gasteiger partial charge in [-0.2, -0.15) is 0 Å². The Balaban J connectivity index is 2.18. The molecule has 0 atom stereocenters. The zero-order valence-corrected chi connectivity index (χ0v) is 15.1. The molecule has 7 nitrogen and oxygen atoms in total. The summed E-state index contributed by atoms with van der Waals surface area (Å²) in [6.07, 6.45) is 1.49. The first-order valence-electron chi connectivity index (χ1n) is 7.34. The van der Waals surface area contributed by atoms with Gasteiger partial charge in [-0.15, -0.1) is 0 Å². The molecule has 5 N–H and O–H groups in total. The van der Waals surface area contributed by atoms with Crippen molar-refractivity contribution in [1.82, 2.24) is 14.5 Å². The van der Waals surface area contributed by atoms with Crippen molar-refractivity contribution in [2.24, 2.45) is 5.73 Å². The summed E-state index contributed by atoms with van der Waals surface area (Å²) in [6, 6.07) is 8.22. The predicted octanol–water partition coefficient (Wildman–Crippen LogP) is 0.820. The normalized spacial score (nSPS) is 10.9. The Morgan fingerprint density at radius 2 is 2.00 bits per heavy atom. The molecule has 0 bridgehead atoms. The van der Waals surface area contributed by atoms with E-state index in [-0.39, 0.29) is 4.81 Å². The molecular weight excluding hydrogens is 371 g/mol. The van der Waals surface area contributed by atoms with E-state index in [1.54, 1.807) is 7.05 Å². The molecule has 0 saturated heterocycles. The molecule has 0 spiro atoms. The van der Waals surface area contributed by atoms with Crippen LogP contribution in [-0.4, -0.2) is 41.3 Å². The van der Waals surface area contributed by atoms with E-state index in [1.165, 1.54) is 11.9 Å². The summed E-state index contributed by atoms with van der Waals surface area (Å²) in [5.74, 6) is 1.16. The minimum atomic E-state index is -0.586. The average Bonchev–Trinajstić information content (AvgIpc) is 2.82. The molecule has 2 heterocycles. The number of nitrogen functional groups attached to an aromatic ring is 1. The van der Waals surface area contributed by atoms with Crippen LogP contribution in [0.25, 0.3) is 11.0 Å². The van der Waals surface area contributed by atoms with Crippen LogP contribution in [0.15, 0.2) is 30.6 Å². The minimum absolute atomic E-state index is 0.380. The molecule has 0 fully saturated rings. The summed E-state index contributed by atoms with van der Waals surface area (Å²) in [6.45, 7) is 2.61. The van der Waals surface area contributed by atoms with Gasteiger partial charge in [-0.1, -0.05) is 0 Å². The first kappa shape index (κ1) is 16.3. The molecule has 8 heteroatoms. The number of aryl methyl sites for hydroxylation is 1. The third-order valence-corrected chi connectivity index (χ3v) is 5.45. The molecular formula is C16H18N6OSe. The van der Waals surface area contributed by atoms with Crippen molar-refractivity contribution in [2.75, 3.05) is 18.1 Å². The zero-order valence-electron chi connectivity index (χ0n) is 13.4. The number of carbonyl (C=O) groups is 1. The van der Waals surface area contributed by atoms with Crippen LogP contribution in [0, 0.1) is 6.92 Å². The third kappa shape index (κ3) is 2.93. The number of benzene rings is 1. The number of fused-ring (bicyclic) bond motifs is 1. The van der Waals surface area contributed by atoms with E-state index in [4.69, 9.17) is 11.5 Å². The van der Waals surface area contributed by atoms with Crippen molar-refractivity contribution in [1.29, 1.82) is 0 Å². The summed E-state index contributed by atoms with van der Waals surface area (Å²) in [5.41, 5.74) is 14.8. The van der Waals surface area contributed by atoms with E-state index in [9.17, 15) is 4.79 Å². The van der Waals surface area contributed by atoms with Crippen LogP contribution >= 0.6 is 0 Å². The molecule has 0 aliphatic carbocycles. The average molecular weight is 389 g/mol. The molecule has 0 saturated carbocycles. The van der Waals surface area contributed by atoms with Gasteiger partial charge in [0, 0.05) is 0 Å². The van der Waals surface area contributed by atoms with Gasteiger partial charge in [0.05, 0.1) is 0 Å². The molecule has 0 aliphatic heterocycles. The van der Waals surface area contributed by atoms with Gasteiger partial charge in [0.1, 0.15) is 0 Å². The van der Waals surface area contributed by atoms with Crippen LogP contribution < -0.4 is 21.2 Å². The first-order valence-corrected chi connectivity index (χ1v) is 9.05. The van der Waals surface area contributed by atoms with Crippen molar-refractivity contribution in [2.45, 2.75) is 13.5 Å². The van der Waals surface area contributed by atoms with Gasteiger partial charge in [0.25, 0.3) is 0 Å². The summed E-state index contributed by atoms with van der Waals surface area (Å²) in [7, 11) is 1.77. The molecule has 3 aromatic rings. The first-order chi connectivity index (χ1) is 11.5. The Morgan fingerprint density at radius 3 is 2.62 bits per heavy atom. The van der Waals surface area contributed by atoms with Gasteiger partial charge in [0.15, 0.2) is 0 Å². The fraction of sp³-hybridized carbons (Fsp3) is 0.188. The number of nitrogens with zero attached hydrogens (tertiary/aromatic N) is 3. The number of primary amides is 1. The molecule has 0 unspecified atom stereocenters. The van der Waals surface area contributed by atoms with Crippen molar-refractivity contribution in [3.8, 4) is 0 Å². The van der Waals surface area contributed by atoms with Crippen LogP contribution in [0.2, 0.25) is 0 Å². The molecule has 0 radical (unpaired) electrons. The SMILES string of the molecule is CNc1ncnc2c1c([Se]C(N)=O)c(N)n2Cc1ccc(C)cc1. The zero-order chi connectivity index (χ0) is 17.3. The van der Waals surface area contributed by atoms with Crippen LogP contribution in [0.3, 0.4) is 0 Å². The number of hydrogen-bond donors (Lipinski definition) is 3. The number of nitrogens with one attached hydrogen (secondary N) is 1. The summed E-state index contributed by atoms with van der Waals surface area (Å²) in [5, 5.41) is 3.80. The Kier molecular flexibility index (Phi) is 4.42. The quantitative estimate of drug-likeness (QED) is 0.560. The molecule has 1 amide bonds. The van der Waals surface area contributed by atoms with E-state index >= 15 is 0 Å². The van der Waals surface area contributed by atoms with Crippen molar-refractivity contribution < 1.29 is 4.79 Å². The van der Waals surface area contributed by atoms with Gasteiger partial charge >= 0.3 is 145 Å². The van der Waals surface area contributed by atoms with Crippen LogP contribution in [0.5, 0.6) is 0 Å². The fourth-order valence-corrected chi connectivity index (χ4v) is 4.07. The number of aromatic nitrogens is 3. The Labute approximate surface area is 145 Å². The number of carbonyl (C=O) groups excluding carboxylic acids is 1. The molecule has 24 heavy (non-hydrogen) atoms. The molecule has 124 valence electrons. The second-order valence-corrected chi connectivity index (χ2v) is 7.51. The Morgan fingerprint density at radius 1 is 1.29 bits per heavy atom. The predicted molar refractivity (Wildman–Crippen MR) is 96.7 cm³/mol. The van der Waals surface area contributed by atoms with Gasteiger partial charge in [-0.3, -0.25) is 0 Å². The van der Waals surface area contributed by atoms with Gasteiger partial charge in [-0.25, -0.2) is 0 Å². The monoisotopic (exact) mass is 390 g/mol. The van der Waals surface area contributed by atoms with E-state index in [0.29, 0.717) is 23.8 Å². The summed E-state index contributed by atoms with van der Waals surface area (Å²) in [4.78, 5) is 19.7. The van der Waals surface area contributed by atoms with E-state index in [1.807, 2.05) is 11.5 Å². The number of anilines is 2. The van der Waals surface area contributed by atoms with E-state index in [2.05, 4.69) is 39.6 Å². The van der Waals surface area contributed by atoms with Gasteiger partial charge < -0.3 is 0 Å². The van der Waals surface area contributed by atoms with Crippen molar-refractivity contribution in [3.05, 3.63) is 41.7 Å². The molecule has 1 aromatic carbocycles. The maximum atomic E-state index is 11.5. The van der Waals surface area contributed by atoms with E-state index in [0.717, 1.165) is 15.4 Å². The second kappa shape index (κ2) is 6.51. The van der Waals surface area contributed by atoms with Gasteiger partial charge in [0.2, 0.25) is 0 Å². The maximum absolute atomic E-state index is 11.5. The number of nitrogens with two attached hydrogens (primary N) is 2. The summed E-state index contributed by atoms with van der Waals surface area (Å²) >= 11 is -0.586. The number of amides is 1. The second-order valence-electron chi connectivity index (χ2n) is 5.38. The number of rotatable bonds is 5. The van der Waals surface area contributed by atoms with Crippen LogP contribution in [-0.2, 0) is 6.54 Å².